The number of rotatable bonds is 0. The summed E-state index contributed by atoms with van der Waals surface area (Å²) < 4.78 is 0. The number of hydrogen-bond acceptors (Lipinski definition) is 0. The van der Waals surface area contributed by atoms with Crippen molar-refractivity contribution < 1.29 is 0 Å². The molecule has 0 aliphatic heterocycles. The third kappa shape index (κ3) is 1.04. The Labute approximate surface area is 50.3 Å². The molecule has 0 aromatic carbocycles. The van der Waals surface area contributed by atoms with E-state index >= 15 is 0 Å². The standard InChI is InChI=1S/C8H8/c1-3-4-5-8(2)6-7-8/h1H,6-7H2,2H3. The van der Waals surface area contributed by atoms with Crippen molar-refractivity contribution in [2.75, 3.05) is 0 Å². The van der Waals surface area contributed by atoms with Gasteiger partial charge in [0.25, 0.3) is 0 Å². The average Bonchev–Trinajstić information content (AvgIpc) is 2.45. The lowest BCUT2D eigenvalue weighted by molar-refractivity contribution is 0.783. The molecule has 0 unspecified atom stereocenters. The zero-order valence-corrected chi connectivity index (χ0v) is 4.99. The van der Waals surface area contributed by atoms with E-state index in [-0.39, 0.29) is 0 Å². The van der Waals surface area contributed by atoms with Crippen LogP contribution in [0.25, 0.3) is 0 Å². The number of terminal acetylenes is 1. The van der Waals surface area contributed by atoms with Crippen molar-refractivity contribution in [3.05, 3.63) is 0 Å². The molecule has 8 heavy (non-hydrogen) atoms. The summed E-state index contributed by atoms with van der Waals surface area (Å²) in [6, 6.07) is 0. The molecule has 1 rings (SSSR count). The highest BCUT2D eigenvalue weighted by molar-refractivity contribution is 5.28. The van der Waals surface area contributed by atoms with E-state index in [0.717, 1.165) is 0 Å². The van der Waals surface area contributed by atoms with Crippen molar-refractivity contribution >= 4 is 0 Å². The summed E-state index contributed by atoms with van der Waals surface area (Å²) >= 11 is 0. The van der Waals surface area contributed by atoms with Gasteiger partial charge < -0.3 is 0 Å². The van der Waals surface area contributed by atoms with Crippen LogP contribution in [0.4, 0.5) is 0 Å². The molecule has 0 aromatic rings. The van der Waals surface area contributed by atoms with Gasteiger partial charge in [-0.15, -0.1) is 6.42 Å². The molecule has 0 bridgehead atoms. The van der Waals surface area contributed by atoms with Gasteiger partial charge in [0.1, 0.15) is 0 Å². The molecule has 40 valence electrons. The molecule has 0 heteroatoms. The summed E-state index contributed by atoms with van der Waals surface area (Å²) in [4.78, 5) is 0. The summed E-state index contributed by atoms with van der Waals surface area (Å²) in [6.07, 6.45) is 7.39. The van der Waals surface area contributed by atoms with Gasteiger partial charge in [0.15, 0.2) is 0 Å². The zero-order chi connectivity index (χ0) is 6.04. The van der Waals surface area contributed by atoms with Gasteiger partial charge in [-0.1, -0.05) is 5.92 Å². The van der Waals surface area contributed by atoms with Gasteiger partial charge in [0.2, 0.25) is 0 Å². The maximum Gasteiger partial charge on any atom is 0.0297 e. The Morgan fingerprint density at radius 1 is 1.50 bits per heavy atom. The van der Waals surface area contributed by atoms with Crippen molar-refractivity contribution in [3.63, 3.8) is 0 Å². The van der Waals surface area contributed by atoms with Gasteiger partial charge in [-0.2, -0.15) is 0 Å². The molecule has 0 amide bonds. The first-order chi connectivity index (χ1) is 3.77. The summed E-state index contributed by atoms with van der Waals surface area (Å²) in [5.41, 5.74) is 0.298. The van der Waals surface area contributed by atoms with Crippen LogP contribution in [-0.4, -0.2) is 0 Å². The van der Waals surface area contributed by atoms with Crippen LogP contribution in [0, 0.1) is 29.6 Å². The first-order valence-corrected chi connectivity index (χ1v) is 2.75. The third-order valence-corrected chi connectivity index (χ3v) is 1.44. The molecule has 0 N–H and O–H groups in total. The fourth-order valence-electron chi connectivity index (χ4n) is 0.499. The number of hydrogen-bond donors (Lipinski definition) is 0. The highest BCUT2D eigenvalue weighted by Gasteiger charge is 2.34. The minimum atomic E-state index is 0.298. The largest absolute Gasteiger partial charge is 0.106 e. The van der Waals surface area contributed by atoms with Crippen molar-refractivity contribution in [1.29, 1.82) is 0 Å². The Balaban J connectivity index is 2.53. The molecule has 0 atom stereocenters. The molecule has 0 radical (unpaired) electrons. The van der Waals surface area contributed by atoms with Crippen LogP contribution in [0.1, 0.15) is 19.8 Å². The van der Waals surface area contributed by atoms with E-state index in [1.807, 2.05) is 0 Å². The van der Waals surface area contributed by atoms with E-state index in [2.05, 4.69) is 24.7 Å². The van der Waals surface area contributed by atoms with Crippen molar-refractivity contribution in [2.24, 2.45) is 5.41 Å². The molecular weight excluding hydrogens is 96.1 g/mol. The molecule has 1 saturated carbocycles. The van der Waals surface area contributed by atoms with Crippen LogP contribution < -0.4 is 0 Å². The lowest BCUT2D eigenvalue weighted by Crippen LogP contribution is -1.82. The summed E-state index contributed by atoms with van der Waals surface area (Å²) in [5, 5.41) is 0. The second-order valence-corrected chi connectivity index (χ2v) is 2.45. The van der Waals surface area contributed by atoms with Crippen LogP contribution in [0.5, 0.6) is 0 Å². The summed E-state index contributed by atoms with van der Waals surface area (Å²) in [7, 11) is 0. The molecule has 1 fully saturated rings. The molecule has 0 aromatic heterocycles. The smallest absolute Gasteiger partial charge is 0.0297 e. The van der Waals surface area contributed by atoms with Gasteiger partial charge in [0.05, 0.1) is 0 Å². The topological polar surface area (TPSA) is 0 Å². The Morgan fingerprint density at radius 2 is 2.12 bits per heavy atom. The van der Waals surface area contributed by atoms with Crippen LogP contribution in [0.2, 0.25) is 0 Å². The Morgan fingerprint density at radius 3 is 2.50 bits per heavy atom. The van der Waals surface area contributed by atoms with E-state index in [1.54, 1.807) is 0 Å². The Bertz CT molecular complexity index is 178. The van der Waals surface area contributed by atoms with Crippen LogP contribution >= 0.6 is 0 Å². The highest BCUT2D eigenvalue weighted by atomic mass is 14.4. The van der Waals surface area contributed by atoms with Crippen LogP contribution in [0.3, 0.4) is 0 Å². The predicted octanol–water partition coefficient (Wildman–Crippen LogP) is 1.42. The van der Waals surface area contributed by atoms with E-state index in [9.17, 15) is 0 Å². The third-order valence-electron chi connectivity index (χ3n) is 1.44. The van der Waals surface area contributed by atoms with E-state index < -0.39 is 0 Å². The minimum absolute atomic E-state index is 0.298. The minimum Gasteiger partial charge on any atom is -0.106 e. The second-order valence-electron chi connectivity index (χ2n) is 2.45. The predicted molar refractivity (Wildman–Crippen MR) is 33.9 cm³/mol. The molecule has 0 heterocycles. The molecule has 1 aliphatic rings. The Kier molecular flexibility index (Phi) is 1.03. The van der Waals surface area contributed by atoms with Crippen molar-refractivity contribution in [2.45, 2.75) is 19.8 Å². The van der Waals surface area contributed by atoms with Crippen molar-refractivity contribution in [3.8, 4) is 24.2 Å². The lowest BCUT2D eigenvalue weighted by atomic mass is 10.2. The monoisotopic (exact) mass is 104 g/mol. The summed E-state index contributed by atoms with van der Waals surface area (Å²) in [5.74, 6) is 7.93. The maximum atomic E-state index is 4.94. The average molecular weight is 104 g/mol. The Hall–Kier alpha value is -0.880. The first-order valence-electron chi connectivity index (χ1n) is 2.75. The van der Waals surface area contributed by atoms with Crippen molar-refractivity contribution in [1.82, 2.24) is 0 Å². The van der Waals surface area contributed by atoms with Gasteiger partial charge in [-0.05, 0) is 31.6 Å². The fraction of sp³-hybridized carbons (Fsp3) is 0.500. The van der Waals surface area contributed by atoms with E-state index in [1.165, 1.54) is 12.8 Å². The molecular formula is C8H8. The second kappa shape index (κ2) is 1.57. The summed E-state index contributed by atoms with van der Waals surface area (Å²) in [6.45, 7) is 2.14. The quantitative estimate of drug-likeness (QED) is 0.408. The van der Waals surface area contributed by atoms with Gasteiger partial charge in [-0.3, -0.25) is 0 Å². The lowest BCUT2D eigenvalue weighted by Gasteiger charge is -1.87. The zero-order valence-electron chi connectivity index (χ0n) is 4.99. The molecule has 0 nitrogen and oxygen atoms in total. The molecule has 0 saturated heterocycles. The van der Waals surface area contributed by atoms with Gasteiger partial charge in [-0.25, -0.2) is 0 Å². The van der Waals surface area contributed by atoms with E-state index in [4.69, 9.17) is 6.42 Å². The molecule has 1 aliphatic carbocycles. The highest BCUT2D eigenvalue weighted by Crippen LogP contribution is 2.43. The normalized spacial score (nSPS) is 20.0. The van der Waals surface area contributed by atoms with Crippen LogP contribution in [-0.2, 0) is 0 Å². The molecule has 0 spiro atoms. The van der Waals surface area contributed by atoms with E-state index in [0.29, 0.717) is 5.41 Å². The van der Waals surface area contributed by atoms with Gasteiger partial charge in [0, 0.05) is 5.41 Å². The SMILES string of the molecule is C#CC#CC1(C)CC1. The fourth-order valence-corrected chi connectivity index (χ4v) is 0.499. The van der Waals surface area contributed by atoms with Crippen LogP contribution in [0.15, 0.2) is 0 Å². The first kappa shape index (κ1) is 5.26. The maximum absolute atomic E-state index is 4.94. The van der Waals surface area contributed by atoms with Gasteiger partial charge >= 0.3 is 0 Å².